The number of nitrogens with zero attached hydrogens (tertiary/aromatic N) is 15. The number of aromatic nitrogens is 6. The highest BCUT2D eigenvalue weighted by molar-refractivity contribution is 6.06. The highest BCUT2D eigenvalue weighted by atomic mass is 16.5. The van der Waals surface area contributed by atoms with Gasteiger partial charge < -0.3 is 45.0 Å². The smallest absolute Gasteiger partial charge is 0.147 e. The summed E-state index contributed by atoms with van der Waals surface area (Å²) in [7, 11) is 0. The van der Waals surface area contributed by atoms with Crippen LogP contribution in [-0.2, 0) is 39.3 Å². The molecule has 512 valence electrons. The molecular formula is C84H65N15O6. The van der Waals surface area contributed by atoms with Crippen LogP contribution in [0.4, 0.5) is 51.2 Å². The molecule has 6 aromatic heterocycles. The van der Waals surface area contributed by atoms with Gasteiger partial charge in [0.1, 0.15) is 57.3 Å². The van der Waals surface area contributed by atoms with Crippen LogP contribution in [0.1, 0.15) is 34.2 Å². The lowest BCUT2D eigenvalue weighted by molar-refractivity contribution is 0.458. The largest absolute Gasteiger partial charge is 0.508 e. The van der Waals surface area contributed by atoms with Gasteiger partial charge in [-0.15, -0.1) is 15.3 Å². The van der Waals surface area contributed by atoms with E-state index in [1.807, 2.05) is 194 Å². The van der Waals surface area contributed by atoms with Gasteiger partial charge in [0, 0.05) is 86.8 Å². The van der Waals surface area contributed by atoms with Crippen LogP contribution >= 0.6 is 0 Å². The molecule has 0 bridgehead atoms. The lowest BCUT2D eigenvalue weighted by atomic mass is 9.97. The maximum atomic E-state index is 11.5. The molecule has 6 heterocycles. The Bertz CT molecular complexity index is 5590. The van der Waals surface area contributed by atoms with E-state index in [2.05, 4.69) is 65.3 Å². The molecular weight excluding hydrogens is 1320 g/mol. The van der Waals surface area contributed by atoms with Crippen LogP contribution in [0.2, 0.25) is 0 Å². The average molecular weight is 1380 g/mol. The monoisotopic (exact) mass is 1380 g/mol. The first-order chi connectivity index (χ1) is 51.5. The Morgan fingerprint density at radius 1 is 0.295 bits per heavy atom. The van der Waals surface area contributed by atoms with Crippen molar-refractivity contribution in [1.82, 2.24) is 29.9 Å². The number of phenolic OH excluding ortho intramolecular Hbond substituents is 5. The second-order valence-corrected chi connectivity index (χ2v) is 24.7. The van der Waals surface area contributed by atoms with Crippen LogP contribution < -0.4 is 19.4 Å². The van der Waals surface area contributed by atoms with E-state index in [9.17, 15) is 25.5 Å². The number of hydrogen-bond acceptors (Lipinski definition) is 21. The lowest BCUT2D eigenvalue weighted by Gasteiger charge is -2.24. The summed E-state index contributed by atoms with van der Waals surface area (Å²) in [6.07, 6.45) is 10.5. The number of hydrogen-bond donors (Lipinski definition) is 5. The zero-order valence-electron chi connectivity index (χ0n) is 56.3. The Kier molecular flexibility index (Phi) is 19.4. The predicted molar refractivity (Wildman–Crippen MR) is 406 cm³/mol. The molecule has 5 N–H and O–H groups in total. The SMILES string of the molecule is Oc1ccc2ccc(O)c(/N=N/c3ccc(N(Cc4ccccn4)Cc4ccc(-c5c(O)ccc6c(/N=N/c7ccc(N(Cc8ccccn8)Cc8ccc(Oc9cc(O)c(/N=N/c%10ccc(N(Cc%11ccccn%11)Cc%11ccccn%11)cc%10)c%10ccccc9%10)cn8)cc7)c(O)ccc56)cn4)cc3)c2c1. The Labute approximate surface area is 602 Å². The number of aromatic hydroxyl groups is 5. The molecule has 21 nitrogen and oxygen atoms in total. The van der Waals surface area contributed by atoms with Crippen LogP contribution in [0.25, 0.3) is 43.4 Å². The van der Waals surface area contributed by atoms with E-state index in [-0.39, 0.29) is 40.1 Å². The van der Waals surface area contributed by atoms with Crippen molar-refractivity contribution in [3.05, 3.63) is 326 Å². The van der Waals surface area contributed by atoms with Crippen LogP contribution in [0.5, 0.6) is 40.2 Å². The van der Waals surface area contributed by atoms with Crippen molar-refractivity contribution in [3.63, 3.8) is 0 Å². The van der Waals surface area contributed by atoms with Gasteiger partial charge in [-0.05, 0) is 193 Å². The van der Waals surface area contributed by atoms with Crippen molar-refractivity contribution in [2.24, 2.45) is 30.7 Å². The molecule has 9 aromatic carbocycles. The van der Waals surface area contributed by atoms with Crippen LogP contribution in [0.15, 0.2) is 323 Å². The summed E-state index contributed by atoms with van der Waals surface area (Å²) in [5.74, 6) is 0.711. The molecule has 0 fully saturated rings. The standard InChI is InChI=1S/C84H65N15O6/c100-69-34-18-55-19-38-77(102)84(75(55)45-69)96-93-59-25-32-67(33-26-59)98(51-62-13-5-9-43-87-62)53-64-20-17-56(47-89-64)81-72-36-40-78(103)82(74(72)37-39-76(81)101)94-91-57-21-30-68(31-22-57)99(52-63-14-6-10-44-88-63)54-65-27-35-70(48-90-65)105-80-46-79(104)83(73-16-2-1-15-71(73)80)95-92-58-23-28-66(29-24-58)97(49-60-11-3-7-41-85-60)50-61-12-4-8-42-86-61/h1-48,100-104H,49-54H2/b94-91+,95-92+,96-93+. The highest BCUT2D eigenvalue weighted by Crippen LogP contribution is 2.46. The summed E-state index contributed by atoms with van der Waals surface area (Å²) < 4.78 is 6.45. The fraction of sp³-hybridized carbons (Fsp3) is 0.0714. The number of azo groups is 3. The lowest BCUT2D eigenvalue weighted by Crippen LogP contribution is -2.23. The Morgan fingerprint density at radius 3 is 1.15 bits per heavy atom. The van der Waals surface area contributed by atoms with Crippen molar-refractivity contribution in [2.75, 3.05) is 14.7 Å². The molecule has 105 heavy (non-hydrogen) atoms. The van der Waals surface area contributed by atoms with E-state index < -0.39 is 0 Å². The van der Waals surface area contributed by atoms with Crippen LogP contribution in [0, 0.1) is 0 Å². The second kappa shape index (κ2) is 30.6. The first-order valence-corrected chi connectivity index (χ1v) is 33.7. The zero-order valence-corrected chi connectivity index (χ0v) is 56.3. The third kappa shape index (κ3) is 15.7. The fourth-order valence-corrected chi connectivity index (χ4v) is 12.4. The fourth-order valence-electron chi connectivity index (χ4n) is 12.4. The molecule has 0 saturated carbocycles. The molecule has 15 aromatic rings. The van der Waals surface area contributed by atoms with Gasteiger partial charge in [-0.1, -0.05) is 66.7 Å². The van der Waals surface area contributed by atoms with Crippen molar-refractivity contribution < 1.29 is 30.3 Å². The van der Waals surface area contributed by atoms with Crippen molar-refractivity contribution >= 4 is 83.5 Å². The Hall–Kier alpha value is -14.3. The van der Waals surface area contributed by atoms with Crippen molar-refractivity contribution in [3.8, 4) is 51.4 Å². The minimum absolute atomic E-state index is 0.0221. The molecule has 0 amide bonds. The first-order valence-electron chi connectivity index (χ1n) is 33.7. The minimum Gasteiger partial charge on any atom is -0.508 e. The molecule has 0 saturated heterocycles. The maximum Gasteiger partial charge on any atom is 0.147 e. The van der Waals surface area contributed by atoms with Gasteiger partial charge in [0.2, 0.25) is 0 Å². The van der Waals surface area contributed by atoms with Gasteiger partial charge in [-0.25, -0.2) is 0 Å². The van der Waals surface area contributed by atoms with Gasteiger partial charge >= 0.3 is 0 Å². The summed E-state index contributed by atoms with van der Waals surface area (Å²) in [5.41, 5.74) is 11.4. The third-order valence-electron chi connectivity index (χ3n) is 17.6. The van der Waals surface area contributed by atoms with Gasteiger partial charge in [-0.2, -0.15) is 15.3 Å². The van der Waals surface area contributed by atoms with Crippen molar-refractivity contribution in [1.29, 1.82) is 0 Å². The molecule has 21 heteroatoms. The number of pyridine rings is 6. The number of anilines is 3. The van der Waals surface area contributed by atoms with E-state index in [0.29, 0.717) is 106 Å². The summed E-state index contributed by atoms with van der Waals surface area (Å²) in [5, 5.41) is 86.3. The van der Waals surface area contributed by atoms with E-state index in [1.165, 1.54) is 0 Å². The quantitative estimate of drug-likeness (QED) is 0.0352. The van der Waals surface area contributed by atoms with E-state index in [0.717, 1.165) is 62.0 Å². The normalized spacial score (nSPS) is 11.5. The summed E-state index contributed by atoms with van der Waals surface area (Å²) in [6.45, 7) is 2.90. The Balaban J connectivity index is 0.620. The number of fused-ring (bicyclic) bond motifs is 3. The first kappa shape index (κ1) is 66.5. The molecule has 0 unspecified atom stereocenters. The van der Waals surface area contributed by atoms with Crippen LogP contribution in [-0.4, -0.2) is 55.4 Å². The van der Waals surface area contributed by atoms with Gasteiger partial charge in [0.25, 0.3) is 0 Å². The molecule has 0 spiro atoms. The molecule has 0 aliphatic heterocycles. The minimum atomic E-state index is -0.101. The van der Waals surface area contributed by atoms with Gasteiger partial charge in [0.15, 0.2) is 0 Å². The highest BCUT2D eigenvalue weighted by Gasteiger charge is 2.20. The molecule has 15 rings (SSSR count). The van der Waals surface area contributed by atoms with E-state index in [4.69, 9.17) is 14.7 Å². The van der Waals surface area contributed by atoms with Crippen molar-refractivity contribution in [2.45, 2.75) is 39.3 Å². The number of ether oxygens (including phenoxy) is 1. The molecule has 0 aliphatic rings. The predicted octanol–water partition coefficient (Wildman–Crippen LogP) is 20.4. The van der Waals surface area contributed by atoms with E-state index >= 15 is 0 Å². The molecule has 0 atom stereocenters. The molecule has 0 radical (unpaired) electrons. The summed E-state index contributed by atoms with van der Waals surface area (Å²) >= 11 is 0. The zero-order chi connectivity index (χ0) is 71.4. The summed E-state index contributed by atoms with van der Waals surface area (Å²) in [4.78, 5) is 34.6. The summed E-state index contributed by atoms with van der Waals surface area (Å²) in [6, 6.07) is 77.7. The maximum absolute atomic E-state index is 11.5. The average Bonchev–Trinajstić information content (AvgIpc) is 0.775. The second-order valence-electron chi connectivity index (χ2n) is 24.7. The van der Waals surface area contributed by atoms with Crippen LogP contribution in [0.3, 0.4) is 0 Å². The van der Waals surface area contributed by atoms with Gasteiger partial charge in [0.05, 0.1) is 96.7 Å². The topological polar surface area (TPSA) is 272 Å². The van der Waals surface area contributed by atoms with E-state index in [1.54, 1.807) is 97.8 Å². The van der Waals surface area contributed by atoms with Gasteiger partial charge in [-0.3, -0.25) is 29.9 Å². The Morgan fingerprint density at radius 2 is 0.695 bits per heavy atom. The third-order valence-corrected chi connectivity index (χ3v) is 17.6. The number of phenols is 5. The number of benzene rings is 9. The number of rotatable bonds is 24. The molecule has 0 aliphatic carbocycles.